The van der Waals surface area contributed by atoms with E-state index in [0.717, 1.165) is 11.3 Å². The minimum absolute atomic E-state index is 0.0795. The van der Waals surface area contributed by atoms with E-state index in [2.05, 4.69) is 4.98 Å². The van der Waals surface area contributed by atoms with Crippen LogP contribution in [0.1, 0.15) is 32.9 Å². The molecule has 0 amide bonds. The van der Waals surface area contributed by atoms with Crippen molar-refractivity contribution in [3.05, 3.63) is 57.6 Å². The Bertz CT molecular complexity index is 940. The molecule has 8 heteroatoms. The molecule has 0 N–H and O–H groups in total. The van der Waals surface area contributed by atoms with E-state index in [9.17, 15) is 14.9 Å². The van der Waals surface area contributed by atoms with Crippen LogP contribution >= 0.6 is 11.8 Å². The summed E-state index contributed by atoms with van der Waals surface area (Å²) in [6, 6.07) is 6.05. The summed E-state index contributed by atoms with van der Waals surface area (Å²) in [5.41, 5.74) is 1.11. The summed E-state index contributed by atoms with van der Waals surface area (Å²) >= 11 is 1.52. The molecule has 0 fully saturated rings. The van der Waals surface area contributed by atoms with Crippen LogP contribution in [0.25, 0.3) is 15.8 Å². The number of pyridine rings is 1. The molecule has 7 nitrogen and oxygen atoms in total. The zero-order valence-corrected chi connectivity index (χ0v) is 17.0. The van der Waals surface area contributed by atoms with Gasteiger partial charge >= 0.3 is 5.97 Å². The number of allylic oxidation sites excluding steroid dienone is 2. The predicted octanol–water partition coefficient (Wildman–Crippen LogP) is 5.10. The Balaban J connectivity index is 2.59. The van der Waals surface area contributed by atoms with Crippen LogP contribution in [0.15, 0.2) is 41.8 Å². The zero-order valence-electron chi connectivity index (χ0n) is 16.2. The van der Waals surface area contributed by atoms with Crippen molar-refractivity contribution in [3.8, 4) is 5.75 Å². The second-order valence-electron chi connectivity index (χ2n) is 5.80. The van der Waals surface area contributed by atoms with Crippen LogP contribution in [0.4, 0.5) is 5.69 Å². The number of nitro groups is 1. The van der Waals surface area contributed by atoms with Gasteiger partial charge in [-0.05, 0) is 31.7 Å². The topological polar surface area (TPSA) is 91.6 Å². The molecule has 1 atom stereocenters. The number of thioether (sulfide) groups is 1. The van der Waals surface area contributed by atoms with Gasteiger partial charge < -0.3 is 9.47 Å². The van der Waals surface area contributed by atoms with E-state index >= 15 is 0 Å². The highest BCUT2D eigenvalue weighted by Crippen LogP contribution is 2.35. The van der Waals surface area contributed by atoms with Gasteiger partial charge in [-0.3, -0.25) is 10.1 Å². The SMILES string of the molecule is C/C=C(\S/C=C\CC)c1cc(OC(C)C(=O)OC)c2cc([N+](=O)[O-])ccc2n1. The summed E-state index contributed by atoms with van der Waals surface area (Å²) in [5, 5.41) is 13.6. The summed E-state index contributed by atoms with van der Waals surface area (Å²) < 4.78 is 10.5. The molecule has 0 radical (unpaired) electrons. The third kappa shape index (κ3) is 5.10. The molecule has 1 aromatic heterocycles. The number of hydrogen-bond acceptors (Lipinski definition) is 7. The van der Waals surface area contributed by atoms with Gasteiger partial charge in [0.25, 0.3) is 5.69 Å². The van der Waals surface area contributed by atoms with Gasteiger partial charge in [-0.1, -0.05) is 30.8 Å². The van der Waals surface area contributed by atoms with E-state index in [1.54, 1.807) is 19.1 Å². The van der Waals surface area contributed by atoms with Crippen LogP contribution in [0.2, 0.25) is 0 Å². The Morgan fingerprint density at radius 3 is 2.75 bits per heavy atom. The number of nitrogens with zero attached hydrogens (tertiary/aromatic N) is 2. The third-order valence-electron chi connectivity index (χ3n) is 3.84. The van der Waals surface area contributed by atoms with E-state index in [-0.39, 0.29) is 5.69 Å². The number of rotatable bonds is 8. The molecular weight excluding hydrogens is 380 g/mol. The highest BCUT2D eigenvalue weighted by atomic mass is 32.2. The van der Waals surface area contributed by atoms with Crippen LogP contribution in [0, 0.1) is 10.1 Å². The largest absolute Gasteiger partial charge is 0.478 e. The maximum atomic E-state index is 11.8. The van der Waals surface area contributed by atoms with Crippen molar-refractivity contribution < 1.29 is 19.2 Å². The van der Waals surface area contributed by atoms with Gasteiger partial charge in [-0.2, -0.15) is 0 Å². The lowest BCUT2D eigenvalue weighted by Gasteiger charge is -2.16. The molecule has 28 heavy (non-hydrogen) atoms. The fourth-order valence-corrected chi connectivity index (χ4v) is 3.22. The van der Waals surface area contributed by atoms with Crippen LogP contribution in [-0.4, -0.2) is 29.1 Å². The standard InChI is InChI=1S/C20H22N2O5S/c1-5-7-10-28-19(6-2)17-12-18(27-13(3)20(23)26-4)15-11-14(22(24)25)8-9-16(15)21-17/h6-13H,5H2,1-4H3/b10-7-,19-6-. The number of non-ortho nitro benzene ring substituents is 1. The lowest BCUT2D eigenvalue weighted by atomic mass is 10.1. The Labute approximate surface area is 167 Å². The molecule has 0 bridgehead atoms. The molecule has 2 rings (SSSR count). The summed E-state index contributed by atoms with van der Waals surface area (Å²) in [4.78, 5) is 28.0. The second kappa shape index (κ2) is 9.89. The molecule has 0 aliphatic heterocycles. The summed E-state index contributed by atoms with van der Waals surface area (Å²) in [6.07, 6.45) is 4.01. The van der Waals surface area contributed by atoms with E-state index in [4.69, 9.17) is 9.47 Å². The highest BCUT2D eigenvalue weighted by Gasteiger charge is 2.19. The Kier molecular flexibility index (Phi) is 7.57. The molecule has 2 aromatic rings. The molecule has 148 valence electrons. The number of fused-ring (bicyclic) bond motifs is 1. The maximum Gasteiger partial charge on any atom is 0.346 e. The molecule has 1 heterocycles. The number of carbonyl (C=O) groups is 1. The molecule has 1 aromatic carbocycles. The first kappa shape index (κ1) is 21.4. The van der Waals surface area contributed by atoms with E-state index in [0.29, 0.717) is 22.3 Å². The van der Waals surface area contributed by atoms with Gasteiger partial charge in [-0.15, -0.1) is 0 Å². The van der Waals surface area contributed by atoms with Crippen molar-refractivity contribution in [2.24, 2.45) is 0 Å². The number of aromatic nitrogens is 1. The van der Waals surface area contributed by atoms with Crippen molar-refractivity contribution in [2.45, 2.75) is 33.3 Å². The van der Waals surface area contributed by atoms with Crippen LogP contribution in [0.3, 0.4) is 0 Å². The van der Waals surface area contributed by atoms with Gasteiger partial charge in [0.2, 0.25) is 0 Å². The number of hydrogen-bond donors (Lipinski definition) is 0. The maximum absolute atomic E-state index is 11.8. The molecule has 0 aliphatic carbocycles. The fourth-order valence-electron chi connectivity index (χ4n) is 2.42. The third-order valence-corrected chi connectivity index (χ3v) is 4.87. The first-order valence-electron chi connectivity index (χ1n) is 8.73. The van der Waals surface area contributed by atoms with Crippen LogP contribution in [-0.2, 0) is 9.53 Å². The van der Waals surface area contributed by atoms with Crippen molar-refractivity contribution >= 4 is 39.2 Å². The van der Waals surface area contributed by atoms with Crippen molar-refractivity contribution in [1.82, 2.24) is 4.98 Å². The molecular formula is C20H22N2O5S. The van der Waals surface area contributed by atoms with Gasteiger partial charge in [0.1, 0.15) is 5.75 Å². The predicted molar refractivity (Wildman–Crippen MR) is 111 cm³/mol. The molecule has 0 aliphatic rings. The lowest BCUT2D eigenvalue weighted by molar-refractivity contribution is -0.384. The van der Waals surface area contributed by atoms with Crippen molar-refractivity contribution in [3.63, 3.8) is 0 Å². The smallest absolute Gasteiger partial charge is 0.346 e. The molecule has 0 spiro atoms. The van der Waals surface area contributed by atoms with E-state index in [1.165, 1.54) is 31.0 Å². The minimum Gasteiger partial charge on any atom is -0.478 e. The normalized spacial score (nSPS) is 12.9. The van der Waals surface area contributed by atoms with E-state index in [1.807, 2.05) is 31.4 Å². The van der Waals surface area contributed by atoms with E-state index < -0.39 is 17.0 Å². The van der Waals surface area contributed by atoms with Gasteiger partial charge in [0.05, 0.1) is 23.2 Å². The zero-order chi connectivity index (χ0) is 20.7. The Morgan fingerprint density at radius 2 is 2.14 bits per heavy atom. The number of ether oxygens (including phenoxy) is 2. The van der Waals surface area contributed by atoms with Gasteiger partial charge in [-0.25, -0.2) is 9.78 Å². The number of nitro benzene ring substituents is 1. The number of carbonyl (C=O) groups excluding carboxylic acids is 1. The summed E-state index contributed by atoms with van der Waals surface area (Å²) in [7, 11) is 1.28. The number of methoxy groups -OCH3 is 1. The van der Waals surface area contributed by atoms with Crippen molar-refractivity contribution in [2.75, 3.05) is 7.11 Å². The Hall–Kier alpha value is -2.87. The second-order valence-corrected chi connectivity index (χ2v) is 6.75. The first-order chi connectivity index (χ1) is 13.4. The summed E-state index contributed by atoms with van der Waals surface area (Å²) in [6.45, 7) is 5.51. The molecule has 0 saturated heterocycles. The first-order valence-corrected chi connectivity index (χ1v) is 9.61. The Morgan fingerprint density at radius 1 is 1.39 bits per heavy atom. The monoisotopic (exact) mass is 402 g/mol. The van der Waals surface area contributed by atoms with Gasteiger partial charge in [0, 0.05) is 28.5 Å². The minimum atomic E-state index is -0.871. The van der Waals surface area contributed by atoms with Gasteiger partial charge in [0.15, 0.2) is 6.10 Å². The average Bonchev–Trinajstić information content (AvgIpc) is 2.70. The summed E-state index contributed by atoms with van der Waals surface area (Å²) in [5.74, 6) is -0.204. The highest BCUT2D eigenvalue weighted by molar-refractivity contribution is 8.10. The molecule has 0 saturated carbocycles. The van der Waals surface area contributed by atoms with Crippen molar-refractivity contribution in [1.29, 1.82) is 0 Å². The quantitative estimate of drug-likeness (QED) is 0.344. The average molecular weight is 402 g/mol. The number of esters is 1. The fraction of sp³-hybridized carbons (Fsp3) is 0.300. The molecule has 1 unspecified atom stereocenters. The lowest BCUT2D eigenvalue weighted by Crippen LogP contribution is -2.25. The number of benzene rings is 1. The van der Waals surface area contributed by atoms with Crippen LogP contribution in [0.5, 0.6) is 5.75 Å². The van der Waals surface area contributed by atoms with Crippen LogP contribution < -0.4 is 4.74 Å².